The molecule has 3 unspecified atom stereocenters. The smallest absolute Gasteiger partial charge is 0.0702 e. The Balaban J connectivity index is 1.93. The number of nitrogens with zero attached hydrogens (tertiary/aromatic N) is 1. The molecule has 2 fully saturated rings. The van der Waals surface area contributed by atoms with Crippen molar-refractivity contribution in [1.82, 2.24) is 4.90 Å². The normalized spacial score (nSPS) is 36.0. The highest BCUT2D eigenvalue weighted by atomic mass is 16.5. The first-order valence-corrected chi connectivity index (χ1v) is 8.73. The largest absolute Gasteiger partial charge is 0.377 e. The molecule has 0 aromatic carbocycles. The lowest BCUT2D eigenvalue weighted by molar-refractivity contribution is -0.0256. The molecule has 1 saturated heterocycles. The predicted molar refractivity (Wildman–Crippen MR) is 84.9 cm³/mol. The second-order valence-electron chi connectivity index (χ2n) is 7.00. The van der Waals surface area contributed by atoms with Gasteiger partial charge in [-0.1, -0.05) is 26.2 Å². The number of hydrogen-bond acceptors (Lipinski definition) is 3. The maximum absolute atomic E-state index is 6.22. The van der Waals surface area contributed by atoms with Crippen molar-refractivity contribution in [2.24, 2.45) is 11.7 Å². The van der Waals surface area contributed by atoms with Gasteiger partial charge in [-0.05, 0) is 51.5 Å². The summed E-state index contributed by atoms with van der Waals surface area (Å²) >= 11 is 0. The van der Waals surface area contributed by atoms with Gasteiger partial charge in [-0.25, -0.2) is 0 Å². The van der Waals surface area contributed by atoms with Crippen LogP contribution in [0.4, 0.5) is 0 Å². The van der Waals surface area contributed by atoms with E-state index >= 15 is 0 Å². The maximum Gasteiger partial charge on any atom is 0.0702 e. The van der Waals surface area contributed by atoms with E-state index in [1.54, 1.807) is 0 Å². The molecule has 1 aliphatic carbocycles. The minimum atomic E-state index is 0.227. The van der Waals surface area contributed by atoms with E-state index in [1.807, 2.05) is 0 Å². The van der Waals surface area contributed by atoms with Crippen LogP contribution in [0.5, 0.6) is 0 Å². The summed E-state index contributed by atoms with van der Waals surface area (Å²) in [6.07, 6.45) is 12.2. The predicted octanol–water partition coefficient (Wildman–Crippen LogP) is 3.18. The Labute approximate surface area is 125 Å². The number of nitrogens with two attached hydrogens (primary N) is 1. The molecular formula is C17H34N2O. The average Bonchev–Trinajstić information content (AvgIpc) is 2.71. The molecule has 0 bridgehead atoms. The molecule has 3 nitrogen and oxygen atoms in total. The van der Waals surface area contributed by atoms with E-state index in [2.05, 4.69) is 18.9 Å². The molecule has 118 valence electrons. The Morgan fingerprint density at radius 3 is 2.65 bits per heavy atom. The Morgan fingerprint density at radius 2 is 2.00 bits per heavy atom. The second-order valence-corrected chi connectivity index (χ2v) is 7.00. The molecule has 2 rings (SSSR count). The van der Waals surface area contributed by atoms with E-state index < -0.39 is 0 Å². The van der Waals surface area contributed by atoms with Crippen LogP contribution in [-0.2, 0) is 4.74 Å². The summed E-state index contributed by atoms with van der Waals surface area (Å²) < 4.78 is 5.92. The van der Waals surface area contributed by atoms with Crippen molar-refractivity contribution in [1.29, 1.82) is 0 Å². The van der Waals surface area contributed by atoms with Crippen LogP contribution in [0.1, 0.15) is 64.7 Å². The third kappa shape index (κ3) is 3.96. The van der Waals surface area contributed by atoms with Gasteiger partial charge in [-0.2, -0.15) is 0 Å². The summed E-state index contributed by atoms with van der Waals surface area (Å²) in [5.74, 6) is 0.919. The zero-order valence-electron chi connectivity index (χ0n) is 13.6. The molecule has 1 aliphatic heterocycles. The van der Waals surface area contributed by atoms with E-state index in [-0.39, 0.29) is 5.54 Å². The minimum Gasteiger partial charge on any atom is -0.377 e. The van der Waals surface area contributed by atoms with Crippen molar-refractivity contribution in [3.8, 4) is 0 Å². The first kappa shape index (κ1) is 16.3. The molecule has 2 N–H and O–H groups in total. The summed E-state index contributed by atoms with van der Waals surface area (Å²) in [6, 6.07) is 0. The van der Waals surface area contributed by atoms with Gasteiger partial charge in [-0.15, -0.1) is 0 Å². The van der Waals surface area contributed by atoms with Crippen molar-refractivity contribution < 1.29 is 4.74 Å². The van der Waals surface area contributed by atoms with Gasteiger partial charge in [0.15, 0.2) is 0 Å². The molecule has 0 spiro atoms. The average molecular weight is 282 g/mol. The van der Waals surface area contributed by atoms with Crippen molar-refractivity contribution in [3.63, 3.8) is 0 Å². The molecule has 0 aromatic heterocycles. The van der Waals surface area contributed by atoms with Gasteiger partial charge in [0.2, 0.25) is 0 Å². The molecule has 1 saturated carbocycles. The molecular weight excluding hydrogens is 248 g/mol. The summed E-state index contributed by atoms with van der Waals surface area (Å²) in [4.78, 5) is 2.54. The topological polar surface area (TPSA) is 38.5 Å². The zero-order chi connectivity index (χ0) is 14.4. The van der Waals surface area contributed by atoms with E-state index in [4.69, 9.17) is 10.5 Å². The fraction of sp³-hybridized carbons (Fsp3) is 1.00. The van der Waals surface area contributed by atoms with Crippen LogP contribution >= 0.6 is 0 Å². The van der Waals surface area contributed by atoms with Crippen LogP contribution < -0.4 is 5.73 Å². The van der Waals surface area contributed by atoms with Crippen LogP contribution in [0, 0.1) is 5.92 Å². The lowest BCUT2D eigenvalue weighted by atomic mass is 9.87. The Hall–Kier alpha value is -0.120. The molecule has 20 heavy (non-hydrogen) atoms. The van der Waals surface area contributed by atoms with Crippen molar-refractivity contribution in [2.45, 2.75) is 76.4 Å². The van der Waals surface area contributed by atoms with Gasteiger partial charge >= 0.3 is 0 Å². The lowest BCUT2D eigenvalue weighted by Gasteiger charge is -2.43. The summed E-state index contributed by atoms with van der Waals surface area (Å²) in [5, 5.41) is 0. The fourth-order valence-electron chi connectivity index (χ4n) is 4.06. The van der Waals surface area contributed by atoms with E-state index in [1.165, 1.54) is 57.8 Å². The van der Waals surface area contributed by atoms with Crippen LogP contribution in [0.15, 0.2) is 0 Å². The van der Waals surface area contributed by atoms with E-state index in [0.717, 1.165) is 25.6 Å². The molecule has 0 amide bonds. The lowest BCUT2D eigenvalue weighted by Crippen LogP contribution is -2.54. The van der Waals surface area contributed by atoms with Crippen molar-refractivity contribution in [3.05, 3.63) is 0 Å². The van der Waals surface area contributed by atoms with Crippen molar-refractivity contribution in [2.75, 3.05) is 26.7 Å². The van der Waals surface area contributed by atoms with E-state index in [9.17, 15) is 0 Å². The second kappa shape index (κ2) is 7.77. The molecule has 2 aliphatic rings. The minimum absolute atomic E-state index is 0.227. The highest BCUT2D eigenvalue weighted by Crippen LogP contribution is 2.35. The van der Waals surface area contributed by atoms with Gasteiger partial charge < -0.3 is 10.5 Å². The van der Waals surface area contributed by atoms with Crippen LogP contribution in [0.3, 0.4) is 0 Å². The van der Waals surface area contributed by atoms with Gasteiger partial charge in [0.1, 0.15) is 0 Å². The van der Waals surface area contributed by atoms with Crippen molar-refractivity contribution >= 4 is 0 Å². The fourth-order valence-corrected chi connectivity index (χ4v) is 4.06. The molecule has 3 atom stereocenters. The number of ether oxygens (including phenoxy) is 1. The third-order valence-corrected chi connectivity index (χ3v) is 5.79. The molecule has 3 heteroatoms. The van der Waals surface area contributed by atoms with Crippen LogP contribution in [-0.4, -0.2) is 43.3 Å². The summed E-state index contributed by atoms with van der Waals surface area (Å²) in [5.41, 5.74) is 6.45. The Kier molecular flexibility index (Phi) is 6.31. The maximum atomic E-state index is 6.22. The van der Waals surface area contributed by atoms with Crippen LogP contribution in [0.25, 0.3) is 0 Å². The van der Waals surface area contributed by atoms with Crippen LogP contribution in [0.2, 0.25) is 0 Å². The highest BCUT2D eigenvalue weighted by molar-refractivity contribution is 4.94. The first-order valence-electron chi connectivity index (χ1n) is 8.73. The summed E-state index contributed by atoms with van der Waals surface area (Å²) in [7, 11) is 2.27. The number of rotatable bonds is 5. The summed E-state index contributed by atoms with van der Waals surface area (Å²) in [6.45, 7) is 5.15. The highest BCUT2D eigenvalue weighted by Gasteiger charge is 2.36. The quantitative estimate of drug-likeness (QED) is 0.787. The zero-order valence-corrected chi connectivity index (χ0v) is 13.6. The monoisotopic (exact) mass is 282 g/mol. The van der Waals surface area contributed by atoms with Gasteiger partial charge in [0, 0.05) is 25.2 Å². The Bertz CT molecular complexity index is 278. The SMILES string of the molecule is CCC1CCCC(CN)(N(C)CC2CCCCO2)CC1. The Morgan fingerprint density at radius 1 is 1.15 bits per heavy atom. The third-order valence-electron chi connectivity index (χ3n) is 5.79. The number of hydrogen-bond donors (Lipinski definition) is 1. The number of likely N-dealkylation sites (N-methyl/N-ethyl adjacent to an activating group) is 1. The standard InChI is InChI=1S/C17H34N2O/c1-3-15-7-6-10-17(14-18,11-9-15)19(2)13-16-8-4-5-12-20-16/h15-16H,3-14,18H2,1-2H3. The molecule has 0 aromatic rings. The van der Waals surface area contributed by atoms with Gasteiger partial charge in [-0.3, -0.25) is 4.90 Å². The van der Waals surface area contributed by atoms with Gasteiger partial charge in [0.25, 0.3) is 0 Å². The molecule has 0 radical (unpaired) electrons. The van der Waals surface area contributed by atoms with Gasteiger partial charge in [0.05, 0.1) is 6.10 Å². The molecule has 1 heterocycles. The first-order chi connectivity index (χ1) is 9.70. The van der Waals surface area contributed by atoms with E-state index in [0.29, 0.717) is 6.10 Å².